The van der Waals surface area contributed by atoms with Crippen molar-refractivity contribution in [3.63, 3.8) is 0 Å². The molecule has 1 fully saturated rings. The smallest absolute Gasteiger partial charge is 0.320 e. The second-order valence-corrected chi connectivity index (χ2v) is 4.02. The van der Waals surface area contributed by atoms with Crippen molar-refractivity contribution in [2.75, 3.05) is 0 Å². The van der Waals surface area contributed by atoms with Crippen LogP contribution in [0.2, 0.25) is 0 Å². The van der Waals surface area contributed by atoms with Crippen LogP contribution in [0.15, 0.2) is 18.2 Å². The molecule has 1 atom stereocenters. The Balaban J connectivity index is 2.64. The Morgan fingerprint density at radius 3 is 2.38 bits per heavy atom. The molecule has 1 aliphatic carbocycles. The number of carboxylic acids is 1. The molecule has 1 aromatic carbocycles. The lowest BCUT2D eigenvalue weighted by molar-refractivity contribution is -0.143. The molecule has 5 heteroatoms. The lowest BCUT2D eigenvalue weighted by Crippen LogP contribution is -2.29. The number of carboxylic acid groups (broad SMARTS) is 1. The first-order chi connectivity index (χ1) is 7.33. The molecule has 1 aromatic rings. The van der Waals surface area contributed by atoms with Gasteiger partial charge in [-0.25, -0.2) is 13.2 Å². The van der Waals surface area contributed by atoms with Gasteiger partial charge in [-0.2, -0.15) is 0 Å². The average Bonchev–Trinajstić information content (AvgIpc) is 2.70. The molecule has 2 nitrogen and oxygen atoms in total. The Labute approximate surface area is 89.7 Å². The molecule has 0 saturated heterocycles. The Morgan fingerprint density at radius 2 is 2.00 bits per heavy atom. The Morgan fingerprint density at radius 1 is 1.44 bits per heavy atom. The van der Waals surface area contributed by atoms with Gasteiger partial charge < -0.3 is 5.11 Å². The van der Waals surface area contributed by atoms with Crippen LogP contribution in [0, 0.1) is 12.7 Å². The van der Waals surface area contributed by atoms with Crippen LogP contribution >= 0.6 is 0 Å². The van der Waals surface area contributed by atoms with Gasteiger partial charge in [0.25, 0.3) is 5.92 Å². The van der Waals surface area contributed by atoms with Crippen molar-refractivity contribution in [2.24, 2.45) is 0 Å². The van der Waals surface area contributed by atoms with E-state index in [1.807, 2.05) is 0 Å². The number of hydrogen-bond donors (Lipinski definition) is 1. The first-order valence-corrected chi connectivity index (χ1v) is 4.70. The highest BCUT2D eigenvalue weighted by Crippen LogP contribution is 2.62. The summed E-state index contributed by atoms with van der Waals surface area (Å²) in [5.74, 6) is -5.93. The predicted octanol–water partition coefficient (Wildman–Crippen LogP) is 2.50. The maximum atomic E-state index is 13.5. The summed E-state index contributed by atoms with van der Waals surface area (Å²) in [6.45, 7) is 1.43. The van der Waals surface area contributed by atoms with Crippen molar-refractivity contribution in [3.8, 4) is 0 Å². The van der Waals surface area contributed by atoms with Crippen LogP contribution < -0.4 is 0 Å². The zero-order valence-corrected chi connectivity index (χ0v) is 8.43. The molecule has 0 amide bonds. The van der Waals surface area contributed by atoms with Crippen LogP contribution in [0.4, 0.5) is 13.2 Å². The topological polar surface area (TPSA) is 37.3 Å². The van der Waals surface area contributed by atoms with Crippen molar-refractivity contribution in [3.05, 3.63) is 35.1 Å². The molecule has 86 valence electrons. The average molecular weight is 230 g/mol. The van der Waals surface area contributed by atoms with Crippen LogP contribution in [-0.2, 0) is 10.2 Å². The van der Waals surface area contributed by atoms with E-state index >= 15 is 0 Å². The fraction of sp³-hybridized carbons (Fsp3) is 0.364. The zero-order chi connectivity index (χ0) is 12.1. The van der Waals surface area contributed by atoms with E-state index in [9.17, 15) is 18.0 Å². The van der Waals surface area contributed by atoms with E-state index in [-0.39, 0.29) is 5.56 Å². The monoisotopic (exact) mass is 230 g/mol. The lowest BCUT2D eigenvalue weighted by Gasteiger charge is -2.15. The second kappa shape index (κ2) is 2.99. The van der Waals surface area contributed by atoms with Crippen molar-refractivity contribution < 1.29 is 23.1 Å². The molecule has 0 bridgehead atoms. The van der Waals surface area contributed by atoms with Crippen LogP contribution in [0.3, 0.4) is 0 Å². The second-order valence-electron chi connectivity index (χ2n) is 4.02. The molecule has 0 aromatic heterocycles. The minimum atomic E-state index is -3.37. The van der Waals surface area contributed by atoms with Crippen LogP contribution in [0.1, 0.15) is 17.5 Å². The molecule has 16 heavy (non-hydrogen) atoms. The zero-order valence-electron chi connectivity index (χ0n) is 8.43. The normalized spacial score (nSPS) is 26.5. The van der Waals surface area contributed by atoms with Gasteiger partial charge in [-0.05, 0) is 18.6 Å². The third kappa shape index (κ3) is 1.17. The van der Waals surface area contributed by atoms with E-state index in [2.05, 4.69) is 0 Å². The molecule has 0 heterocycles. The highest BCUT2D eigenvalue weighted by Gasteiger charge is 2.78. The maximum Gasteiger partial charge on any atom is 0.320 e. The van der Waals surface area contributed by atoms with E-state index in [0.717, 1.165) is 6.07 Å². The number of alkyl halides is 2. The molecular weight excluding hydrogens is 221 g/mol. The lowest BCUT2D eigenvalue weighted by atomic mass is 9.91. The number of hydrogen-bond acceptors (Lipinski definition) is 1. The third-order valence-corrected chi connectivity index (χ3v) is 3.00. The summed E-state index contributed by atoms with van der Waals surface area (Å²) in [7, 11) is 0. The summed E-state index contributed by atoms with van der Waals surface area (Å²) < 4.78 is 39.9. The van der Waals surface area contributed by atoms with Gasteiger partial charge in [0.15, 0.2) is 5.41 Å². The number of carbonyl (C=O) groups is 1. The van der Waals surface area contributed by atoms with Gasteiger partial charge in [-0.1, -0.05) is 12.1 Å². The molecule has 2 rings (SSSR count). The number of halogens is 3. The summed E-state index contributed by atoms with van der Waals surface area (Å²) in [4.78, 5) is 11.0. The summed E-state index contributed by atoms with van der Waals surface area (Å²) in [6.07, 6.45) is -0.836. The molecule has 0 spiro atoms. The molecule has 1 aliphatic rings. The van der Waals surface area contributed by atoms with E-state index in [1.165, 1.54) is 19.1 Å². The van der Waals surface area contributed by atoms with E-state index in [4.69, 9.17) is 5.11 Å². The van der Waals surface area contributed by atoms with Crippen molar-refractivity contribution in [2.45, 2.75) is 24.7 Å². The number of rotatable bonds is 2. The number of aliphatic carboxylic acids is 1. The summed E-state index contributed by atoms with van der Waals surface area (Å²) in [6, 6.07) is 3.79. The standard InChI is InChI=1S/C11H9F3O2/c1-6-3-2-4-7(12)8(6)10(9(15)16)5-11(10,13)14/h2-4H,5H2,1H3,(H,15,16). The van der Waals surface area contributed by atoms with Gasteiger partial charge in [0.1, 0.15) is 5.82 Å². The largest absolute Gasteiger partial charge is 0.480 e. The number of aryl methyl sites for hydroxylation is 1. The quantitative estimate of drug-likeness (QED) is 0.847. The minimum Gasteiger partial charge on any atom is -0.480 e. The van der Waals surface area contributed by atoms with Gasteiger partial charge in [0.05, 0.1) is 0 Å². The summed E-state index contributed by atoms with van der Waals surface area (Å²) in [5, 5.41) is 8.90. The van der Waals surface area contributed by atoms with Gasteiger partial charge in [-0.3, -0.25) is 4.79 Å². The molecular formula is C11H9F3O2. The van der Waals surface area contributed by atoms with Crippen molar-refractivity contribution in [1.29, 1.82) is 0 Å². The Hall–Kier alpha value is -1.52. The summed E-state index contributed by atoms with van der Waals surface area (Å²) in [5.41, 5.74) is -2.53. The van der Waals surface area contributed by atoms with Crippen molar-refractivity contribution in [1.82, 2.24) is 0 Å². The van der Waals surface area contributed by atoms with Crippen LogP contribution in [0.25, 0.3) is 0 Å². The first kappa shape index (κ1) is 11.0. The van der Waals surface area contributed by atoms with Gasteiger partial charge in [0, 0.05) is 12.0 Å². The molecule has 0 radical (unpaired) electrons. The van der Waals surface area contributed by atoms with Gasteiger partial charge >= 0.3 is 5.97 Å². The van der Waals surface area contributed by atoms with E-state index in [1.54, 1.807) is 0 Å². The molecule has 1 unspecified atom stereocenters. The predicted molar refractivity (Wildman–Crippen MR) is 50.0 cm³/mol. The maximum absolute atomic E-state index is 13.5. The summed E-state index contributed by atoms with van der Waals surface area (Å²) >= 11 is 0. The Kier molecular flexibility index (Phi) is 2.05. The SMILES string of the molecule is Cc1cccc(F)c1C1(C(=O)O)CC1(F)F. The van der Waals surface area contributed by atoms with Crippen molar-refractivity contribution >= 4 is 5.97 Å². The van der Waals surface area contributed by atoms with Gasteiger partial charge in [0.2, 0.25) is 0 Å². The minimum absolute atomic E-state index is 0.236. The molecule has 0 aliphatic heterocycles. The highest BCUT2D eigenvalue weighted by atomic mass is 19.3. The van der Waals surface area contributed by atoms with Crippen LogP contribution in [-0.4, -0.2) is 17.0 Å². The van der Waals surface area contributed by atoms with E-state index in [0.29, 0.717) is 0 Å². The fourth-order valence-corrected chi connectivity index (χ4v) is 2.07. The van der Waals surface area contributed by atoms with E-state index < -0.39 is 35.1 Å². The highest BCUT2D eigenvalue weighted by molar-refractivity contribution is 5.88. The third-order valence-electron chi connectivity index (χ3n) is 3.00. The fourth-order valence-electron chi connectivity index (χ4n) is 2.07. The first-order valence-electron chi connectivity index (χ1n) is 4.70. The van der Waals surface area contributed by atoms with Gasteiger partial charge in [-0.15, -0.1) is 0 Å². The van der Waals surface area contributed by atoms with Crippen LogP contribution in [0.5, 0.6) is 0 Å². The molecule has 1 N–H and O–H groups in total. The number of benzene rings is 1. The Bertz CT molecular complexity index is 450. The molecule has 1 saturated carbocycles.